The molecule has 6 heteroatoms. The minimum absolute atomic E-state index is 0.326. The molecule has 0 spiro atoms. The van der Waals surface area contributed by atoms with Crippen molar-refractivity contribution in [3.63, 3.8) is 0 Å². The third-order valence-corrected chi connectivity index (χ3v) is 3.92. The maximum Gasteiger partial charge on any atom is 0.308 e. The number of carbonyl (C=O) groups is 1. The van der Waals surface area contributed by atoms with Gasteiger partial charge in [-0.25, -0.2) is 9.97 Å². The van der Waals surface area contributed by atoms with Crippen LogP contribution in [0.2, 0.25) is 0 Å². The molecule has 0 unspecified atom stereocenters. The summed E-state index contributed by atoms with van der Waals surface area (Å²) in [6.07, 6.45) is 7.71. The van der Waals surface area contributed by atoms with Crippen LogP contribution in [-0.2, 0) is 20.7 Å². The average molecular weight is 372 g/mol. The van der Waals surface area contributed by atoms with Gasteiger partial charge in [0, 0.05) is 44.5 Å². The van der Waals surface area contributed by atoms with Crippen molar-refractivity contribution in [1.82, 2.24) is 9.97 Å². The van der Waals surface area contributed by atoms with Crippen molar-refractivity contribution in [1.29, 1.82) is 0 Å². The zero-order valence-corrected chi connectivity index (χ0v) is 16.1. The average Bonchev–Trinajstić information content (AvgIpc) is 2.67. The molecule has 0 N–H and O–H groups in total. The van der Waals surface area contributed by atoms with Gasteiger partial charge in [0.25, 0.3) is 0 Å². The molecule has 146 valence electrons. The lowest BCUT2D eigenvalue weighted by atomic mass is 10.1. The van der Waals surface area contributed by atoms with Crippen LogP contribution in [0.1, 0.15) is 38.9 Å². The van der Waals surface area contributed by atoms with E-state index in [1.54, 1.807) is 12.1 Å². The van der Waals surface area contributed by atoms with Gasteiger partial charge < -0.3 is 14.2 Å². The summed E-state index contributed by atoms with van der Waals surface area (Å²) in [5.74, 6) is 1.06. The highest BCUT2D eigenvalue weighted by Crippen LogP contribution is 2.21. The van der Waals surface area contributed by atoms with E-state index in [0.29, 0.717) is 19.0 Å². The second kappa shape index (κ2) is 12.1. The second-order valence-corrected chi connectivity index (χ2v) is 6.13. The highest BCUT2D eigenvalue weighted by atomic mass is 16.5. The van der Waals surface area contributed by atoms with Gasteiger partial charge in [-0.05, 0) is 37.5 Å². The van der Waals surface area contributed by atoms with Crippen LogP contribution in [0.15, 0.2) is 36.7 Å². The highest BCUT2D eigenvalue weighted by molar-refractivity contribution is 5.70. The van der Waals surface area contributed by atoms with Crippen molar-refractivity contribution in [2.45, 2.75) is 39.5 Å². The van der Waals surface area contributed by atoms with E-state index >= 15 is 0 Å². The third kappa shape index (κ3) is 8.28. The van der Waals surface area contributed by atoms with Crippen LogP contribution < -0.4 is 4.74 Å². The van der Waals surface area contributed by atoms with Gasteiger partial charge in [0.2, 0.25) is 0 Å². The molecule has 0 saturated carbocycles. The van der Waals surface area contributed by atoms with Crippen LogP contribution in [0.25, 0.3) is 11.1 Å². The van der Waals surface area contributed by atoms with E-state index in [0.717, 1.165) is 55.8 Å². The van der Waals surface area contributed by atoms with Gasteiger partial charge in [0.1, 0.15) is 11.6 Å². The van der Waals surface area contributed by atoms with Gasteiger partial charge in [0.15, 0.2) is 0 Å². The Morgan fingerprint density at radius 3 is 2.26 bits per heavy atom. The quantitative estimate of drug-likeness (QED) is 0.320. The smallest absolute Gasteiger partial charge is 0.308 e. The van der Waals surface area contributed by atoms with Crippen molar-refractivity contribution in [2.24, 2.45) is 0 Å². The number of aryl methyl sites for hydroxylation is 1. The molecule has 2 aromatic rings. The van der Waals surface area contributed by atoms with E-state index in [2.05, 4.69) is 9.97 Å². The fourth-order valence-electron chi connectivity index (χ4n) is 2.54. The third-order valence-electron chi connectivity index (χ3n) is 3.92. The summed E-state index contributed by atoms with van der Waals surface area (Å²) in [5.41, 5.74) is 1.93. The second-order valence-electron chi connectivity index (χ2n) is 6.13. The molecule has 0 amide bonds. The van der Waals surface area contributed by atoms with E-state index in [9.17, 15) is 4.79 Å². The Hall–Kier alpha value is -2.31. The van der Waals surface area contributed by atoms with Crippen molar-refractivity contribution in [2.75, 3.05) is 26.4 Å². The lowest BCUT2D eigenvalue weighted by Gasteiger charge is -2.06. The van der Waals surface area contributed by atoms with Crippen LogP contribution in [0, 0.1) is 0 Å². The van der Waals surface area contributed by atoms with Crippen LogP contribution >= 0.6 is 0 Å². The molecule has 0 fully saturated rings. The highest BCUT2D eigenvalue weighted by Gasteiger charge is 2.03. The number of hydrogen-bond donors (Lipinski definition) is 0. The van der Waals surface area contributed by atoms with Crippen LogP contribution in [0.3, 0.4) is 0 Å². The molecule has 1 aromatic carbocycles. The number of benzene rings is 1. The zero-order valence-electron chi connectivity index (χ0n) is 16.1. The molecule has 0 radical (unpaired) electrons. The number of rotatable bonds is 12. The molecule has 1 aromatic heterocycles. The number of unbranched alkanes of at least 4 members (excludes halogenated alkanes) is 2. The molecule has 1 heterocycles. The molecular weight excluding hydrogens is 344 g/mol. The Bertz CT molecular complexity index is 672. The Balaban J connectivity index is 1.68. The maximum atomic E-state index is 10.9. The zero-order chi connectivity index (χ0) is 19.3. The molecule has 6 nitrogen and oxygen atoms in total. The maximum absolute atomic E-state index is 10.9. The van der Waals surface area contributed by atoms with E-state index in [1.165, 1.54) is 6.92 Å². The summed E-state index contributed by atoms with van der Waals surface area (Å²) in [4.78, 5) is 19.8. The molecule has 0 aliphatic carbocycles. The molecule has 0 aliphatic rings. The summed E-state index contributed by atoms with van der Waals surface area (Å²) in [6, 6.07) is 7.31. The number of ether oxygens (including phenoxy) is 3. The number of hydrogen-bond acceptors (Lipinski definition) is 6. The Morgan fingerprint density at radius 2 is 1.59 bits per heavy atom. The molecule has 0 atom stereocenters. The first kappa shape index (κ1) is 21.0. The first-order chi connectivity index (χ1) is 13.2. The van der Waals surface area contributed by atoms with E-state index in [4.69, 9.17) is 14.2 Å². The SMILES string of the molecule is CCOCCOCCCCCc1ncc(-c2ccc(OC(C)=O)cc2)cn1. The van der Waals surface area contributed by atoms with Gasteiger partial charge in [-0.3, -0.25) is 4.79 Å². The Kier molecular flexibility index (Phi) is 9.44. The van der Waals surface area contributed by atoms with Gasteiger partial charge in [-0.1, -0.05) is 18.6 Å². The number of aromatic nitrogens is 2. The van der Waals surface area contributed by atoms with E-state index < -0.39 is 0 Å². The summed E-state index contributed by atoms with van der Waals surface area (Å²) in [7, 11) is 0. The van der Waals surface area contributed by atoms with Crippen molar-refractivity contribution >= 4 is 5.97 Å². The van der Waals surface area contributed by atoms with Gasteiger partial charge >= 0.3 is 5.97 Å². The van der Waals surface area contributed by atoms with Crippen molar-refractivity contribution < 1.29 is 19.0 Å². The molecule has 0 bridgehead atoms. The van der Waals surface area contributed by atoms with Gasteiger partial charge in [-0.2, -0.15) is 0 Å². The van der Waals surface area contributed by atoms with Crippen LogP contribution in [0.5, 0.6) is 5.75 Å². The number of esters is 1. The summed E-state index contributed by atoms with van der Waals surface area (Å²) >= 11 is 0. The van der Waals surface area contributed by atoms with E-state index in [1.807, 2.05) is 31.5 Å². The molecule has 2 rings (SSSR count). The minimum atomic E-state index is -0.326. The first-order valence-electron chi connectivity index (χ1n) is 9.44. The Labute approximate surface area is 160 Å². The van der Waals surface area contributed by atoms with Crippen molar-refractivity contribution in [3.05, 3.63) is 42.5 Å². The van der Waals surface area contributed by atoms with Gasteiger partial charge in [0.05, 0.1) is 13.2 Å². The normalized spacial score (nSPS) is 10.7. The predicted octanol–water partition coefficient (Wildman–Crippen LogP) is 3.83. The number of carbonyl (C=O) groups excluding carboxylic acids is 1. The fourth-order valence-corrected chi connectivity index (χ4v) is 2.54. The monoisotopic (exact) mass is 372 g/mol. The lowest BCUT2D eigenvalue weighted by molar-refractivity contribution is -0.131. The summed E-state index contributed by atoms with van der Waals surface area (Å²) in [6.45, 7) is 6.22. The van der Waals surface area contributed by atoms with Crippen LogP contribution in [0.4, 0.5) is 0 Å². The number of nitrogens with zero attached hydrogens (tertiary/aromatic N) is 2. The predicted molar refractivity (Wildman–Crippen MR) is 104 cm³/mol. The molecule has 27 heavy (non-hydrogen) atoms. The standard InChI is InChI=1S/C21H28N2O4/c1-3-25-13-14-26-12-6-4-5-7-21-22-15-19(16-23-21)18-8-10-20(11-9-18)27-17(2)24/h8-11,15-16H,3-7,12-14H2,1-2H3. The summed E-state index contributed by atoms with van der Waals surface area (Å²) in [5, 5.41) is 0. The van der Waals surface area contributed by atoms with Crippen molar-refractivity contribution in [3.8, 4) is 16.9 Å². The topological polar surface area (TPSA) is 70.5 Å². The largest absolute Gasteiger partial charge is 0.427 e. The summed E-state index contributed by atoms with van der Waals surface area (Å²) < 4.78 is 15.8. The fraction of sp³-hybridized carbons (Fsp3) is 0.476. The van der Waals surface area contributed by atoms with Crippen LogP contribution in [-0.4, -0.2) is 42.4 Å². The minimum Gasteiger partial charge on any atom is -0.427 e. The lowest BCUT2D eigenvalue weighted by Crippen LogP contribution is -2.05. The molecule has 0 aliphatic heterocycles. The molecule has 0 saturated heterocycles. The first-order valence-corrected chi connectivity index (χ1v) is 9.44. The molecular formula is C21H28N2O4. The Morgan fingerprint density at radius 1 is 0.889 bits per heavy atom. The van der Waals surface area contributed by atoms with Gasteiger partial charge in [-0.15, -0.1) is 0 Å². The van der Waals surface area contributed by atoms with E-state index in [-0.39, 0.29) is 5.97 Å².